The van der Waals surface area contributed by atoms with Crippen LogP contribution in [0.25, 0.3) is 33.4 Å². The molecule has 4 aromatic rings. The van der Waals surface area contributed by atoms with Gasteiger partial charge in [0.1, 0.15) is 5.69 Å². The van der Waals surface area contributed by atoms with Crippen LogP contribution >= 0.6 is 0 Å². The second-order valence-electron chi connectivity index (χ2n) is 12.1. The number of fused-ring (bicyclic) bond motifs is 2. The number of nitrogens with one attached hydrogen (secondary N) is 1. The fourth-order valence-corrected chi connectivity index (χ4v) is 8.55. The van der Waals surface area contributed by atoms with Crippen LogP contribution in [0.3, 0.4) is 0 Å². The van der Waals surface area contributed by atoms with E-state index < -0.39 is 9.84 Å². The normalized spacial score (nSPS) is 23.8. The SMILES string of the molecule is CC1(N2CCC[C@H]2CO)CCc2ccc(-c3cnc4[nH]nc(-c5ccc(S(=O)(=O)C6CC6)cc5)c4c3)cc2CC1. The zero-order valence-electron chi connectivity index (χ0n) is 22.9. The zero-order chi connectivity index (χ0) is 27.5. The number of aliphatic hydroxyl groups is 1. The molecule has 2 aromatic carbocycles. The van der Waals surface area contributed by atoms with Crippen molar-refractivity contribution in [3.63, 3.8) is 0 Å². The van der Waals surface area contributed by atoms with Crippen LogP contribution in [0.1, 0.15) is 56.6 Å². The molecule has 208 valence electrons. The van der Waals surface area contributed by atoms with Crippen LogP contribution in [0.15, 0.2) is 59.6 Å². The number of aromatic nitrogens is 3. The summed E-state index contributed by atoms with van der Waals surface area (Å²) < 4.78 is 25.2. The van der Waals surface area contributed by atoms with Gasteiger partial charge in [-0.2, -0.15) is 5.10 Å². The molecule has 7 rings (SSSR count). The Bertz CT molecular complexity index is 1680. The summed E-state index contributed by atoms with van der Waals surface area (Å²) in [5.74, 6) is 0. The topological polar surface area (TPSA) is 99.2 Å². The molecule has 7 nitrogen and oxygen atoms in total. The summed E-state index contributed by atoms with van der Waals surface area (Å²) in [7, 11) is -3.22. The lowest BCUT2D eigenvalue weighted by Gasteiger charge is -2.42. The number of sulfone groups is 1. The number of aliphatic hydroxyl groups excluding tert-OH is 1. The summed E-state index contributed by atoms with van der Waals surface area (Å²) in [6.45, 7) is 3.73. The van der Waals surface area contributed by atoms with E-state index in [9.17, 15) is 13.5 Å². The number of hydrogen-bond acceptors (Lipinski definition) is 6. The number of pyridine rings is 1. The first-order valence-electron chi connectivity index (χ1n) is 14.5. The highest BCUT2D eigenvalue weighted by Gasteiger charge is 2.40. The summed E-state index contributed by atoms with van der Waals surface area (Å²) in [5, 5.41) is 18.2. The van der Waals surface area contributed by atoms with E-state index in [-0.39, 0.29) is 17.4 Å². The average Bonchev–Trinajstić information content (AvgIpc) is 3.63. The molecule has 3 heterocycles. The Morgan fingerprint density at radius 1 is 0.975 bits per heavy atom. The van der Waals surface area contributed by atoms with E-state index in [0.29, 0.717) is 16.6 Å². The largest absolute Gasteiger partial charge is 0.395 e. The highest BCUT2D eigenvalue weighted by atomic mass is 32.2. The maximum absolute atomic E-state index is 12.6. The van der Waals surface area contributed by atoms with Crippen molar-refractivity contribution in [2.24, 2.45) is 0 Å². The van der Waals surface area contributed by atoms with Gasteiger partial charge in [-0.15, -0.1) is 0 Å². The molecule has 8 heteroatoms. The highest BCUT2D eigenvalue weighted by molar-refractivity contribution is 7.92. The maximum atomic E-state index is 12.6. The van der Waals surface area contributed by atoms with Gasteiger partial charge in [-0.25, -0.2) is 13.4 Å². The molecule has 2 atom stereocenters. The number of H-pyrrole nitrogens is 1. The van der Waals surface area contributed by atoms with E-state index in [1.54, 1.807) is 12.1 Å². The first-order valence-corrected chi connectivity index (χ1v) is 16.1. The number of likely N-dealkylation sites (tertiary alicyclic amines) is 1. The van der Waals surface area contributed by atoms with Crippen LogP contribution in [0.2, 0.25) is 0 Å². The van der Waals surface area contributed by atoms with Crippen LogP contribution in [0.5, 0.6) is 0 Å². The molecule has 3 aliphatic rings. The van der Waals surface area contributed by atoms with Crippen LogP contribution < -0.4 is 0 Å². The number of aromatic amines is 1. The lowest BCUT2D eigenvalue weighted by atomic mass is 9.89. The van der Waals surface area contributed by atoms with Crippen LogP contribution in [-0.4, -0.2) is 63.6 Å². The van der Waals surface area contributed by atoms with Crippen molar-refractivity contribution in [3.05, 3.63) is 65.9 Å². The third kappa shape index (κ3) is 4.46. The van der Waals surface area contributed by atoms with Gasteiger partial charge in [0.15, 0.2) is 15.5 Å². The van der Waals surface area contributed by atoms with Crippen molar-refractivity contribution in [1.82, 2.24) is 20.1 Å². The van der Waals surface area contributed by atoms with Gasteiger partial charge in [0.25, 0.3) is 0 Å². The molecule has 1 unspecified atom stereocenters. The monoisotopic (exact) mass is 556 g/mol. The second-order valence-corrected chi connectivity index (χ2v) is 14.3. The van der Waals surface area contributed by atoms with Gasteiger partial charge in [-0.3, -0.25) is 10.00 Å². The minimum Gasteiger partial charge on any atom is -0.395 e. The van der Waals surface area contributed by atoms with Gasteiger partial charge in [0.2, 0.25) is 0 Å². The molecular formula is C32H36N4O3S. The number of aryl methyl sites for hydroxylation is 2. The minimum absolute atomic E-state index is 0.114. The molecule has 0 radical (unpaired) electrons. The molecule has 2 aliphatic carbocycles. The van der Waals surface area contributed by atoms with E-state index >= 15 is 0 Å². The smallest absolute Gasteiger partial charge is 0.181 e. The number of rotatable bonds is 6. The Morgan fingerprint density at radius 3 is 2.48 bits per heavy atom. The standard InChI is InChI=1S/C32H36N4O3S/c1-32(36-16-2-3-26(36)20-37)14-12-21-4-5-23(17-24(21)13-15-32)25-18-29-30(34-35-31(29)33-19-25)22-6-8-27(9-7-22)40(38,39)28-10-11-28/h4-9,17-19,26,28,37H,2-3,10-16,20H2,1H3,(H,33,34,35)/t26-,32?/m0/s1. The fraction of sp³-hybridized carbons (Fsp3) is 0.438. The lowest BCUT2D eigenvalue weighted by Crippen LogP contribution is -2.50. The molecular weight excluding hydrogens is 520 g/mol. The number of nitrogens with zero attached hydrogens (tertiary/aromatic N) is 3. The molecule has 0 bridgehead atoms. The summed E-state index contributed by atoms with van der Waals surface area (Å²) >= 11 is 0. The maximum Gasteiger partial charge on any atom is 0.181 e. The summed E-state index contributed by atoms with van der Waals surface area (Å²) in [6, 6.07) is 16.3. The first-order chi connectivity index (χ1) is 19.4. The molecule has 1 aliphatic heterocycles. The lowest BCUT2D eigenvalue weighted by molar-refractivity contribution is 0.0468. The third-order valence-corrected chi connectivity index (χ3v) is 11.8. The van der Waals surface area contributed by atoms with Crippen molar-refractivity contribution >= 4 is 20.9 Å². The number of benzene rings is 2. The molecule has 0 amide bonds. The van der Waals surface area contributed by atoms with Gasteiger partial charge in [-0.1, -0.05) is 30.3 Å². The molecule has 40 heavy (non-hydrogen) atoms. The van der Waals surface area contributed by atoms with Gasteiger partial charge in [0.05, 0.1) is 16.8 Å². The molecule has 0 spiro atoms. The van der Waals surface area contributed by atoms with Gasteiger partial charge < -0.3 is 5.11 Å². The quantitative estimate of drug-likeness (QED) is 0.312. The predicted molar refractivity (Wildman–Crippen MR) is 157 cm³/mol. The Labute approximate surface area is 235 Å². The van der Waals surface area contributed by atoms with Gasteiger partial charge in [0, 0.05) is 34.3 Å². The minimum atomic E-state index is -3.22. The molecule has 2 aromatic heterocycles. The van der Waals surface area contributed by atoms with E-state index in [0.717, 1.165) is 79.3 Å². The number of hydrogen-bond donors (Lipinski definition) is 2. The first kappa shape index (κ1) is 25.9. The van der Waals surface area contributed by atoms with Gasteiger partial charge >= 0.3 is 0 Å². The van der Waals surface area contributed by atoms with Crippen LogP contribution in [0, 0.1) is 0 Å². The molecule has 2 N–H and O–H groups in total. The highest BCUT2D eigenvalue weighted by Crippen LogP contribution is 2.39. The Kier molecular flexibility index (Phi) is 6.33. The zero-order valence-corrected chi connectivity index (χ0v) is 23.8. The predicted octanol–water partition coefficient (Wildman–Crippen LogP) is 5.32. The Hall–Kier alpha value is -3.07. The van der Waals surface area contributed by atoms with E-state index in [2.05, 4.69) is 51.3 Å². The second kappa shape index (κ2) is 9.79. The van der Waals surface area contributed by atoms with E-state index in [1.807, 2.05) is 18.3 Å². The van der Waals surface area contributed by atoms with E-state index in [1.165, 1.54) is 17.5 Å². The fourth-order valence-electron chi connectivity index (χ4n) is 6.89. The average molecular weight is 557 g/mol. The van der Waals surface area contributed by atoms with Crippen molar-refractivity contribution in [2.45, 2.75) is 80.0 Å². The van der Waals surface area contributed by atoms with Crippen LogP contribution in [-0.2, 0) is 22.7 Å². The van der Waals surface area contributed by atoms with Crippen LogP contribution in [0.4, 0.5) is 0 Å². The summed E-state index contributed by atoms with van der Waals surface area (Å²) in [6.07, 6.45) is 9.96. The summed E-state index contributed by atoms with van der Waals surface area (Å²) in [5.41, 5.74) is 7.47. The van der Waals surface area contributed by atoms with Gasteiger partial charge in [-0.05, 0) is 99.7 Å². The van der Waals surface area contributed by atoms with Crippen molar-refractivity contribution in [3.8, 4) is 22.4 Å². The Morgan fingerprint density at radius 2 is 1.73 bits per heavy atom. The van der Waals surface area contributed by atoms with Crippen molar-refractivity contribution < 1.29 is 13.5 Å². The van der Waals surface area contributed by atoms with E-state index in [4.69, 9.17) is 0 Å². The Balaban J connectivity index is 1.16. The molecule has 1 saturated carbocycles. The van der Waals surface area contributed by atoms with Crippen molar-refractivity contribution in [1.29, 1.82) is 0 Å². The third-order valence-electron chi connectivity index (χ3n) is 9.52. The molecule has 1 saturated heterocycles. The molecule has 2 fully saturated rings. The summed E-state index contributed by atoms with van der Waals surface area (Å²) in [4.78, 5) is 7.63. The van der Waals surface area contributed by atoms with Crippen molar-refractivity contribution in [2.75, 3.05) is 13.2 Å².